The van der Waals surface area contributed by atoms with Crippen molar-refractivity contribution in [3.05, 3.63) is 41.8 Å². The first-order chi connectivity index (χ1) is 13.1. The van der Waals surface area contributed by atoms with E-state index in [2.05, 4.69) is 20.4 Å². The highest BCUT2D eigenvalue weighted by Crippen LogP contribution is 2.23. The van der Waals surface area contributed by atoms with Gasteiger partial charge < -0.3 is 14.6 Å². The van der Waals surface area contributed by atoms with Gasteiger partial charge in [0.15, 0.2) is 0 Å². The Bertz CT molecular complexity index is 706. The molecule has 0 saturated carbocycles. The lowest BCUT2D eigenvalue weighted by molar-refractivity contribution is -0.122. The molecular formula is C21H30N4O2. The molecule has 0 bridgehead atoms. The molecule has 0 radical (unpaired) electrons. The summed E-state index contributed by atoms with van der Waals surface area (Å²) in [6, 6.07) is 10.3. The van der Waals surface area contributed by atoms with Gasteiger partial charge in [-0.1, -0.05) is 62.1 Å². The number of carbonyl (C=O) groups is 1. The van der Waals surface area contributed by atoms with Crippen molar-refractivity contribution in [1.82, 2.24) is 15.5 Å². The Morgan fingerprint density at radius 2 is 1.81 bits per heavy atom. The van der Waals surface area contributed by atoms with Crippen LogP contribution in [0, 0.1) is 5.92 Å². The highest BCUT2D eigenvalue weighted by molar-refractivity contribution is 5.76. The first kappa shape index (κ1) is 19.4. The fourth-order valence-corrected chi connectivity index (χ4v) is 3.43. The fraction of sp³-hybridized carbons (Fsp3) is 0.571. The Morgan fingerprint density at radius 3 is 2.48 bits per heavy atom. The van der Waals surface area contributed by atoms with Crippen LogP contribution < -0.4 is 10.2 Å². The molecule has 1 atom stereocenters. The van der Waals surface area contributed by atoms with E-state index in [0.717, 1.165) is 31.5 Å². The zero-order valence-electron chi connectivity index (χ0n) is 16.4. The Balaban J connectivity index is 1.76. The third kappa shape index (κ3) is 5.81. The maximum atomic E-state index is 12.4. The van der Waals surface area contributed by atoms with Crippen molar-refractivity contribution in [1.29, 1.82) is 0 Å². The quantitative estimate of drug-likeness (QED) is 0.800. The lowest BCUT2D eigenvalue weighted by Crippen LogP contribution is -2.31. The molecular weight excluding hydrogens is 340 g/mol. The molecule has 3 rings (SSSR count). The number of amides is 1. The summed E-state index contributed by atoms with van der Waals surface area (Å²) in [7, 11) is 0. The fourth-order valence-electron chi connectivity index (χ4n) is 3.43. The summed E-state index contributed by atoms with van der Waals surface area (Å²) >= 11 is 0. The second kappa shape index (κ2) is 9.53. The minimum absolute atomic E-state index is 0.0143. The normalized spacial score (nSPS) is 16.2. The van der Waals surface area contributed by atoms with Crippen LogP contribution in [0.15, 0.2) is 34.7 Å². The molecule has 1 aromatic heterocycles. The van der Waals surface area contributed by atoms with Crippen LogP contribution in [0.1, 0.15) is 63.4 Å². The number of hydrogen-bond acceptors (Lipinski definition) is 5. The van der Waals surface area contributed by atoms with Crippen molar-refractivity contribution in [3.63, 3.8) is 0 Å². The van der Waals surface area contributed by atoms with Gasteiger partial charge >= 0.3 is 6.01 Å². The molecule has 1 aliphatic heterocycles. The van der Waals surface area contributed by atoms with Crippen LogP contribution in [0.5, 0.6) is 0 Å². The van der Waals surface area contributed by atoms with Gasteiger partial charge in [-0.25, -0.2) is 0 Å². The van der Waals surface area contributed by atoms with Crippen molar-refractivity contribution < 1.29 is 9.21 Å². The second-order valence-electron chi connectivity index (χ2n) is 7.73. The highest BCUT2D eigenvalue weighted by Gasteiger charge is 2.24. The van der Waals surface area contributed by atoms with Gasteiger partial charge in [0.25, 0.3) is 0 Å². The maximum absolute atomic E-state index is 12.4. The van der Waals surface area contributed by atoms with Crippen LogP contribution in [0.25, 0.3) is 0 Å². The zero-order valence-corrected chi connectivity index (χ0v) is 16.4. The number of anilines is 1. The number of hydrogen-bond donors (Lipinski definition) is 1. The summed E-state index contributed by atoms with van der Waals surface area (Å²) < 4.78 is 6.01. The monoisotopic (exact) mass is 370 g/mol. The van der Waals surface area contributed by atoms with Crippen molar-refractivity contribution >= 4 is 11.9 Å². The second-order valence-corrected chi connectivity index (χ2v) is 7.73. The highest BCUT2D eigenvalue weighted by atomic mass is 16.4. The van der Waals surface area contributed by atoms with Crippen LogP contribution in [0.3, 0.4) is 0 Å². The molecule has 1 amide bonds. The predicted molar refractivity (Wildman–Crippen MR) is 105 cm³/mol. The zero-order chi connectivity index (χ0) is 19.1. The molecule has 0 unspecified atom stereocenters. The van der Waals surface area contributed by atoms with Crippen molar-refractivity contribution in [2.24, 2.45) is 5.92 Å². The number of carbonyl (C=O) groups excluding carboxylic acids is 1. The van der Waals surface area contributed by atoms with E-state index < -0.39 is 0 Å². The molecule has 1 fully saturated rings. The molecule has 27 heavy (non-hydrogen) atoms. The standard InChI is InChI=1S/C21H30N4O2/c1-16(2)14-19(26)22-18(15-17-10-6-5-7-11-17)20-23-24-21(27-20)25-12-8-3-4-9-13-25/h5-7,10-11,16,18H,3-4,8-9,12-15H2,1-2H3,(H,22,26)/t18-/m1/s1. The summed E-state index contributed by atoms with van der Waals surface area (Å²) in [5.41, 5.74) is 1.13. The molecule has 1 aromatic carbocycles. The topological polar surface area (TPSA) is 71.3 Å². The van der Waals surface area contributed by atoms with E-state index in [0.29, 0.717) is 30.7 Å². The van der Waals surface area contributed by atoms with Crippen LogP contribution in [0.4, 0.5) is 6.01 Å². The SMILES string of the molecule is CC(C)CC(=O)N[C@H](Cc1ccccc1)c1nnc(N2CCCCCC2)o1. The van der Waals surface area contributed by atoms with Gasteiger partial charge in [-0.05, 0) is 24.3 Å². The minimum Gasteiger partial charge on any atom is -0.406 e. The smallest absolute Gasteiger partial charge is 0.318 e. The number of aromatic nitrogens is 2. The van der Waals surface area contributed by atoms with Crippen LogP contribution >= 0.6 is 0 Å². The van der Waals surface area contributed by atoms with E-state index in [1.807, 2.05) is 44.2 Å². The van der Waals surface area contributed by atoms with E-state index >= 15 is 0 Å². The molecule has 6 heteroatoms. The van der Waals surface area contributed by atoms with Gasteiger partial charge in [0, 0.05) is 25.9 Å². The van der Waals surface area contributed by atoms with E-state index in [-0.39, 0.29) is 11.9 Å². The van der Waals surface area contributed by atoms with Crippen LogP contribution in [-0.2, 0) is 11.2 Å². The molecule has 0 aliphatic carbocycles. The Labute approximate surface area is 161 Å². The Hall–Kier alpha value is -2.37. The minimum atomic E-state index is -0.313. The van der Waals surface area contributed by atoms with E-state index in [1.54, 1.807) is 0 Å². The van der Waals surface area contributed by atoms with Gasteiger partial charge in [0.2, 0.25) is 11.8 Å². The molecule has 2 heterocycles. The Morgan fingerprint density at radius 1 is 1.11 bits per heavy atom. The van der Waals surface area contributed by atoms with Gasteiger partial charge in [-0.3, -0.25) is 4.79 Å². The molecule has 0 spiro atoms. The van der Waals surface area contributed by atoms with E-state index in [9.17, 15) is 4.79 Å². The molecule has 1 aliphatic rings. The maximum Gasteiger partial charge on any atom is 0.318 e. The predicted octanol–water partition coefficient (Wildman–Crippen LogP) is 3.90. The third-order valence-corrected chi connectivity index (χ3v) is 4.82. The molecule has 6 nitrogen and oxygen atoms in total. The number of nitrogens with zero attached hydrogens (tertiary/aromatic N) is 3. The van der Waals surface area contributed by atoms with Crippen molar-refractivity contribution in [3.8, 4) is 0 Å². The summed E-state index contributed by atoms with van der Waals surface area (Å²) in [4.78, 5) is 14.5. The number of benzene rings is 1. The Kier molecular flexibility index (Phi) is 6.85. The molecule has 1 N–H and O–H groups in total. The summed E-state index contributed by atoms with van der Waals surface area (Å²) in [6.07, 6.45) is 5.91. The van der Waals surface area contributed by atoms with Gasteiger partial charge in [0.05, 0.1) is 0 Å². The first-order valence-electron chi connectivity index (χ1n) is 10.0. The van der Waals surface area contributed by atoms with Crippen molar-refractivity contribution in [2.45, 2.75) is 58.4 Å². The third-order valence-electron chi connectivity index (χ3n) is 4.82. The average Bonchev–Trinajstić information content (AvgIpc) is 2.97. The van der Waals surface area contributed by atoms with Gasteiger partial charge in [0.1, 0.15) is 6.04 Å². The lowest BCUT2D eigenvalue weighted by atomic mass is 10.0. The summed E-state index contributed by atoms with van der Waals surface area (Å²) in [6.45, 7) is 5.97. The summed E-state index contributed by atoms with van der Waals surface area (Å²) in [5.74, 6) is 0.799. The molecule has 2 aromatic rings. The van der Waals surface area contributed by atoms with Gasteiger partial charge in [-0.2, -0.15) is 0 Å². The van der Waals surface area contributed by atoms with E-state index in [4.69, 9.17) is 4.42 Å². The first-order valence-corrected chi connectivity index (χ1v) is 10.0. The summed E-state index contributed by atoms with van der Waals surface area (Å²) in [5, 5.41) is 11.6. The molecule has 1 saturated heterocycles. The number of nitrogens with one attached hydrogen (secondary N) is 1. The van der Waals surface area contributed by atoms with Crippen molar-refractivity contribution in [2.75, 3.05) is 18.0 Å². The van der Waals surface area contributed by atoms with Crippen LogP contribution in [-0.4, -0.2) is 29.2 Å². The number of rotatable bonds is 7. The van der Waals surface area contributed by atoms with Gasteiger partial charge in [-0.15, -0.1) is 5.10 Å². The average molecular weight is 370 g/mol. The van der Waals surface area contributed by atoms with Crippen LogP contribution in [0.2, 0.25) is 0 Å². The molecule has 146 valence electrons. The lowest BCUT2D eigenvalue weighted by Gasteiger charge is -2.18. The largest absolute Gasteiger partial charge is 0.406 e. The van der Waals surface area contributed by atoms with E-state index in [1.165, 1.54) is 12.8 Å².